The van der Waals surface area contributed by atoms with Crippen LogP contribution in [0.3, 0.4) is 0 Å². The van der Waals surface area contributed by atoms with Crippen LogP contribution in [0.5, 0.6) is 0 Å². The number of esters is 1. The van der Waals surface area contributed by atoms with Crippen LogP contribution in [0.25, 0.3) is 0 Å². The molecule has 1 N–H and O–H groups in total. The molecule has 1 aromatic heterocycles. The van der Waals surface area contributed by atoms with E-state index in [1.807, 2.05) is 0 Å². The minimum Gasteiger partial charge on any atom is -0.469 e. The maximum Gasteiger partial charge on any atom is 0.308 e. The summed E-state index contributed by atoms with van der Waals surface area (Å²) in [7, 11) is 3.26. The average molecular weight is 353 g/mol. The van der Waals surface area contributed by atoms with Crippen LogP contribution < -0.4 is 5.32 Å². The fourth-order valence-electron chi connectivity index (χ4n) is 2.83. The molecule has 0 radical (unpaired) electrons. The fourth-order valence-corrected chi connectivity index (χ4v) is 3.70. The molecule has 2 rings (SSSR count). The molecule has 7 heteroatoms. The molecule has 2 heterocycles. The van der Waals surface area contributed by atoms with E-state index in [0.717, 1.165) is 50.6 Å². The first-order valence-electron chi connectivity index (χ1n) is 8.52. The van der Waals surface area contributed by atoms with Crippen LogP contribution in [0.15, 0.2) is 10.4 Å². The molecule has 0 saturated carbocycles. The number of piperidine rings is 1. The van der Waals surface area contributed by atoms with E-state index in [-0.39, 0.29) is 11.9 Å². The van der Waals surface area contributed by atoms with Crippen LogP contribution in [0.1, 0.15) is 43.3 Å². The van der Waals surface area contributed by atoms with Crippen molar-refractivity contribution in [1.29, 1.82) is 0 Å². The summed E-state index contributed by atoms with van der Waals surface area (Å²) in [6.45, 7) is 6.80. The lowest BCUT2D eigenvalue weighted by Crippen LogP contribution is -2.47. The summed E-state index contributed by atoms with van der Waals surface area (Å²) in [5, 5.41) is 6.74. The van der Waals surface area contributed by atoms with E-state index < -0.39 is 0 Å². The number of methoxy groups -OCH3 is 1. The second kappa shape index (κ2) is 9.01. The number of ether oxygens (including phenoxy) is 1. The van der Waals surface area contributed by atoms with Gasteiger partial charge in [-0.15, -0.1) is 11.3 Å². The van der Waals surface area contributed by atoms with E-state index in [4.69, 9.17) is 4.74 Å². The number of hydrogen-bond acceptors (Lipinski definition) is 5. The molecule has 24 heavy (non-hydrogen) atoms. The Morgan fingerprint density at radius 1 is 1.50 bits per heavy atom. The second-order valence-corrected chi connectivity index (χ2v) is 7.23. The van der Waals surface area contributed by atoms with E-state index in [1.165, 1.54) is 12.1 Å². The average Bonchev–Trinajstić information content (AvgIpc) is 3.07. The molecular formula is C17H28N4O2S. The van der Waals surface area contributed by atoms with Crippen molar-refractivity contribution in [2.45, 2.75) is 39.0 Å². The van der Waals surface area contributed by atoms with Crippen LogP contribution in [0.2, 0.25) is 0 Å². The smallest absolute Gasteiger partial charge is 0.308 e. The van der Waals surface area contributed by atoms with Gasteiger partial charge in [-0.3, -0.25) is 9.79 Å². The van der Waals surface area contributed by atoms with E-state index in [0.29, 0.717) is 5.92 Å². The van der Waals surface area contributed by atoms with Gasteiger partial charge in [0, 0.05) is 44.4 Å². The molecule has 6 nitrogen and oxygen atoms in total. The molecule has 1 fully saturated rings. The van der Waals surface area contributed by atoms with Crippen molar-refractivity contribution in [2.24, 2.45) is 10.9 Å². The van der Waals surface area contributed by atoms with Crippen LogP contribution in [-0.4, -0.2) is 55.6 Å². The van der Waals surface area contributed by atoms with E-state index in [9.17, 15) is 4.79 Å². The standard InChI is InChI=1S/C17H28N4O2S/c1-12(2)15-20-14(11-24-15)5-8-19-17(18-3)21-9-6-13(7-10-21)16(22)23-4/h11-13H,5-10H2,1-4H3,(H,18,19). The molecule has 0 aliphatic carbocycles. The lowest BCUT2D eigenvalue weighted by Gasteiger charge is -2.33. The third-order valence-corrected chi connectivity index (χ3v) is 5.46. The number of guanidine groups is 1. The summed E-state index contributed by atoms with van der Waals surface area (Å²) in [5.74, 6) is 1.31. The zero-order chi connectivity index (χ0) is 17.5. The molecular weight excluding hydrogens is 324 g/mol. The Bertz CT molecular complexity index is 563. The van der Waals surface area contributed by atoms with Gasteiger partial charge in [0.25, 0.3) is 0 Å². The van der Waals surface area contributed by atoms with Gasteiger partial charge in [-0.1, -0.05) is 13.8 Å². The van der Waals surface area contributed by atoms with Gasteiger partial charge in [-0.05, 0) is 12.8 Å². The van der Waals surface area contributed by atoms with Gasteiger partial charge in [0.15, 0.2) is 5.96 Å². The first-order valence-corrected chi connectivity index (χ1v) is 9.40. The van der Waals surface area contributed by atoms with Gasteiger partial charge in [-0.25, -0.2) is 4.98 Å². The number of thiazole rings is 1. The Labute approximate surface area is 148 Å². The molecule has 1 aliphatic heterocycles. The number of nitrogens with zero attached hydrogens (tertiary/aromatic N) is 3. The SMILES string of the molecule is CN=C(NCCc1csc(C(C)C)n1)N1CCC(C(=O)OC)CC1. The first-order chi connectivity index (χ1) is 11.5. The quantitative estimate of drug-likeness (QED) is 0.500. The molecule has 0 atom stereocenters. The second-order valence-electron chi connectivity index (χ2n) is 6.34. The fraction of sp³-hybridized carbons (Fsp3) is 0.706. The maximum atomic E-state index is 11.6. The van der Waals surface area contributed by atoms with Gasteiger partial charge in [0.2, 0.25) is 0 Å². The zero-order valence-electron chi connectivity index (χ0n) is 15.0. The number of carbonyl (C=O) groups excluding carboxylic acids is 1. The number of nitrogens with one attached hydrogen (secondary N) is 1. The summed E-state index contributed by atoms with van der Waals surface area (Å²) in [5.41, 5.74) is 1.14. The molecule has 0 unspecified atom stereocenters. The Morgan fingerprint density at radius 3 is 2.75 bits per heavy atom. The van der Waals surface area contributed by atoms with Crippen molar-refractivity contribution >= 4 is 23.3 Å². The molecule has 1 aliphatic rings. The summed E-state index contributed by atoms with van der Waals surface area (Å²) >= 11 is 1.73. The Morgan fingerprint density at radius 2 is 2.21 bits per heavy atom. The van der Waals surface area contributed by atoms with Crippen molar-refractivity contribution in [3.8, 4) is 0 Å². The lowest BCUT2D eigenvalue weighted by atomic mass is 9.97. The topological polar surface area (TPSA) is 66.8 Å². The highest BCUT2D eigenvalue weighted by molar-refractivity contribution is 7.09. The third kappa shape index (κ3) is 4.93. The highest BCUT2D eigenvalue weighted by atomic mass is 32.1. The maximum absolute atomic E-state index is 11.6. The van der Waals surface area contributed by atoms with Gasteiger partial charge in [0.05, 0.1) is 23.7 Å². The van der Waals surface area contributed by atoms with Crippen LogP contribution in [0.4, 0.5) is 0 Å². The van der Waals surface area contributed by atoms with Crippen molar-refractivity contribution in [1.82, 2.24) is 15.2 Å². The molecule has 0 aromatic carbocycles. The van der Waals surface area contributed by atoms with Crippen molar-refractivity contribution in [3.05, 3.63) is 16.1 Å². The number of rotatable bonds is 5. The minimum absolute atomic E-state index is 0.0221. The Hall–Kier alpha value is -1.63. The lowest BCUT2D eigenvalue weighted by molar-refractivity contribution is -0.146. The predicted octanol–water partition coefficient (Wildman–Crippen LogP) is 2.27. The number of carbonyl (C=O) groups is 1. The van der Waals surface area contributed by atoms with Crippen molar-refractivity contribution < 1.29 is 9.53 Å². The van der Waals surface area contributed by atoms with Crippen LogP contribution in [-0.2, 0) is 16.0 Å². The normalized spacial score (nSPS) is 16.5. The zero-order valence-corrected chi connectivity index (χ0v) is 15.9. The Balaban J connectivity index is 1.77. The monoisotopic (exact) mass is 352 g/mol. The third-order valence-electron chi connectivity index (χ3n) is 4.27. The van der Waals surface area contributed by atoms with E-state index in [1.54, 1.807) is 18.4 Å². The highest BCUT2D eigenvalue weighted by Gasteiger charge is 2.26. The summed E-state index contributed by atoms with van der Waals surface area (Å²) in [6, 6.07) is 0. The number of aliphatic imine (C=N–C) groups is 1. The summed E-state index contributed by atoms with van der Waals surface area (Å²) in [6.07, 6.45) is 2.52. The minimum atomic E-state index is -0.0953. The predicted molar refractivity (Wildman–Crippen MR) is 97.6 cm³/mol. The molecule has 0 spiro atoms. The molecule has 1 saturated heterocycles. The van der Waals surface area contributed by atoms with E-state index in [2.05, 4.69) is 39.4 Å². The number of aromatic nitrogens is 1. The van der Waals surface area contributed by atoms with Gasteiger partial charge in [-0.2, -0.15) is 0 Å². The van der Waals surface area contributed by atoms with Gasteiger partial charge >= 0.3 is 5.97 Å². The molecule has 0 bridgehead atoms. The number of likely N-dealkylation sites (tertiary alicyclic amines) is 1. The Kier molecular flexibility index (Phi) is 7.02. The molecule has 1 aromatic rings. The van der Waals surface area contributed by atoms with Gasteiger partial charge in [0.1, 0.15) is 0 Å². The highest BCUT2D eigenvalue weighted by Crippen LogP contribution is 2.20. The largest absolute Gasteiger partial charge is 0.469 e. The van der Waals surface area contributed by atoms with Crippen molar-refractivity contribution in [2.75, 3.05) is 33.8 Å². The molecule has 134 valence electrons. The summed E-state index contributed by atoms with van der Waals surface area (Å²) < 4.78 is 4.84. The van der Waals surface area contributed by atoms with Gasteiger partial charge < -0.3 is 15.0 Å². The first kappa shape index (κ1) is 18.7. The van der Waals surface area contributed by atoms with Crippen LogP contribution in [0, 0.1) is 5.92 Å². The van der Waals surface area contributed by atoms with E-state index >= 15 is 0 Å². The molecule has 0 amide bonds. The van der Waals surface area contributed by atoms with Crippen LogP contribution >= 0.6 is 11.3 Å². The summed E-state index contributed by atoms with van der Waals surface area (Å²) in [4.78, 5) is 22.8. The van der Waals surface area contributed by atoms with Crippen molar-refractivity contribution in [3.63, 3.8) is 0 Å². The number of hydrogen-bond donors (Lipinski definition) is 1.